The Balaban J connectivity index is 1.17. The zero-order valence-corrected chi connectivity index (χ0v) is 25.3. The van der Waals surface area contributed by atoms with Crippen molar-refractivity contribution < 1.29 is 18.3 Å². The number of ether oxygens (including phenoxy) is 1. The molecule has 0 radical (unpaired) electrons. The van der Waals surface area contributed by atoms with Gasteiger partial charge in [0.05, 0.1) is 30.1 Å². The monoisotopic (exact) mass is 606 g/mol. The molecule has 2 fully saturated rings. The summed E-state index contributed by atoms with van der Waals surface area (Å²) in [7, 11) is -2.01. The maximum Gasteiger partial charge on any atom is 0.243 e. The minimum absolute atomic E-state index is 0.188. The van der Waals surface area contributed by atoms with E-state index in [0.29, 0.717) is 61.3 Å². The second kappa shape index (κ2) is 12.3. The molecule has 2 aliphatic rings. The Bertz CT molecular complexity index is 1660. The minimum Gasteiger partial charge on any atom is -0.495 e. The first-order valence-electron chi connectivity index (χ1n) is 14.8. The van der Waals surface area contributed by atoms with Crippen molar-refractivity contribution in [2.75, 3.05) is 48.8 Å². The highest BCUT2D eigenvalue weighted by Gasteiger charge is 2.29. The largest absolute Gasteiger partial charge is 0.495 e. The molecule has 2 aromatic heterocycles. The fourth-order valence-electron chi connectivity index (χ4n) is 5.79. The van der Waals surface area contributed by atoms with Crippen LogP contribution in [-0.4, -0.2) is 82.8 Å². The molecule has 2 aromatic carbocycles. The average Bonchev–Trinajstić information content (AvgIpc) is 3.46. The number of imidazole rings is 1. The number of rotatable bonds is 9. The number of para-hydroxylation sites is 2. The Morgan fingerprint density at radius 3 is 2.40 bits per heavy atom. The normalized spacial score (nSPS) is 19.8. The van der Waals surface area contributed by atoms with Gasteiger partial charge in [-0.1, -0.05) is 12.1 Å². The lowest BCUT2D eigenvalue weighted by molar-refractivity contribution is 0.126. The molecule has 0 bridgehead atoms. The Kier molecular flexibility index (Phi) is 8.37. The predicted molar refractivity (Wildman–Crippen MR) is 167 cm³/mol. The number of aryl methyl sites for hydroxylation is 1. The zero-order valence-electron chi connectivity index (χ0n) is 24.5. The van der Waals surface area contributed by atoms with Crippen LogP contribution in [0.4, 0.5) is 23.1 Å². The fourth-order valence-corrected chi connectivity index (χ4v) is 7.21. The number of methoxy groups -OCH3 is 1. The maximum absolute atomic E-state index is 13.5. The van der Waals surface area contributed by atoms with Crippen molar-refractivity contribution in [1.29, 1.82) is 0 Å². The summed E-state index contributed by atoms with van der Waals surface area (Å²) < 4.78 is 36.0. The molecule has 1 aliphatic heterocycles. The molecule has 6 rings (SSSR count). The van der Waals surface area contributed by atoms with Crippen LogP contribution in [-0.2, 0) is 16.6 Å². The van der Waals surface area contributed by atoms with E-state index in [9.17, 15) is 13.5 Å². The number of anilines is 4. The van der Waals surface area contributed by atoms with E-state index in [4.69, 9.17) is 14.7 Å². The van der Waals surface area contributed by atoms with E-state index in [1.54, 1.807) is 37.7 Å². The first-order chi connectivity index (χ1) is 20.9. The highest BCUT2D eigenvalue weighted by atomic mass is 32.2. The highest BCUT2D eigenvalue weighted by molar-refractivity contribution is 7.89. The van der Waals surface area contributed by atoms with Crippen molar-refractivity contribution in [2.45, 2.75) is 56.2 Å². The lowest BCUT2D eigenvalue weighted by atomic mass is 9.93. The van der Waals surface area contributed by atoms with Gasteiger partial charge in [0, 0.05) is 44.5 Å². The summed E-state index contributed by atoms with van der Waals surface area (Å²) in [6.07, 6.45) is 4.72. The smallest absolute Gasteiger partial charge is 0.243 e. The number of aliphatic hydroxyl groups excluding tert-OH is 1. The fraction of sp³-hybridized carbons (Fsp3) is 0.433. The summed E-state index contributed by atoms with van der Waals surface area (Å²) in [5, 5.41) is 16.6. The molecule has 1 saturated carbocycles. The van der Waals surface area contributed by atoms with Crippen molar-refractivity contribution >= 4 is 44.3 Å². The van der Waals surface area contributed by atoms with E-state index in [-0.39, 0.29) is 17.0 Å². The van der Waals surface area contributed by atoms with E-state index in [1.807, 2.05) is 35.8 Å². The van der Waals surface area contributed by atoms with Crippen LogP contribution in [0, 0.1) is 0 Å². The van der Waals surface area contributed by atoms with Crippen LogP contribution in [0.2, 0.25) is 0 Å². The number of piperazine rings is 1. The summed E-state index contributed by atoms with van der Waals surface area (Å²) in [5.74, 6) is 1.82. The zero-order chi connectivity index (χ0) is 30.0. The first kappa shape index (κ1) is 29.1. The van der Waals surface area contributed by atoms with Crippen LogP contribution in [0.25, 0.3) is 11.2 Å². The summed E-state index contributed by atoms with van der Waals surface area (Å²) in [4.78, 5) is 16.4. The maximum atomic E-state index is 13.5. The van der Waals surface area contributed by atoms with Crippen molar-refractivity contribution in [2.24, 2.45) is 0 Å². The third kappa shape index (κ3) is 6.10. The standard InChI is InChI=1S/C30H38N8O4S/c1-3-36-20-31-27-28(34-30(35-29(27)36)33-22-8-12-23(39)13-9-22)32-21-10-14-24(15-11-21)43(40,41)38-18-16-37(17-19-38)25-6-4-5-7-26(25)42-2/h4-7,10-11,14-15,20,22-23,39H,3,8-9,12-13,16-19H2,1-2H3,(H2,32,33,34,35)/t22-,23-. The third-order valence-electron chi connectivity index (χ3n) is 8.25. The highest BCUT2D eigenvalue weighted by Crippen LogP contribution is 2.31. The molecule has 1 saturated heterocycles. The number of aromatic nitrogens is 4. The van der Waals surface area contributed by atoms with Gasteiger partial charge < -0.3 is 29.9 Å². The average molecular weight is 607 g/mol. The van der Waals surface area contributed by atoms with Crippen LogP contribution in [0.1, 0.15) is 32.6 Å². The first-order valence-corrected chi connectivity index (χ1v) is 16.2. The van der Waals surface area contributed by atoms with E-state index in [0.717, 1.165) is 37.1 Å². The summed E-state index contributed by atoms with van der Waals surface area (Å²) in [5.41, 5.74) is 3.01. The van der Waals surface area contributed by atoms with E-state index < -0.39 is 10.0 Å². The van der Waals surface area contributed by atoms with E-state index >= 15 is 0 Å². The van der Waals surface area contributed by atoms with Gasteiger partial charge in [0.15, 0.2) is 17.0 Å². The molecular weight excluding hydrogens is 568 g/mol. The van der Waals surface area contributed by atoms with Crippen molar-refractivity contribution in [3.05, 3.63) is 54.9 Å². The molecule has 0 spiro atoms. The van der Waals surface area contributed by atoms with Gasteiger partial charge in [-0.15, -0.1) is 0 Å². The second-order valence-electron chi connectivity index (χ2n) is 11.0. The topological polar surface area (TPSA) is 138 Å². The molecule has 12 nitrogen and oxygen atoms in total. The molecule has 1 aliphatic carbocycles. The Hall–Kier alpha value is -3.94. The number of hydrogen-bond donors (Lipinski definition) is 3. The van der Waals surface area contributed by atoms with Crippen molar-refractivity contribution in [3.63, 3.8) is 0 Å². The number of fused-ring (bicyclic) bond motifs is 1. The molecule has 3 heterocycles. The van der Waals surface area contributed by atoms with Crippen LogP contribution in [0.15, 0.2) is 59.8 Å². The molecule has 43 heavy (non-hydrogen) atoms. The van der Waals surface area contributed by atoms with Gasteiger partial charge in [-0.05, 0) is 69.0 Å². The Labute approximate surface area is 251 Å². The number of nitrogens with zero attached hydrogens (tertiary/aromatic N) is 6. The van der Waals surface area contributed by atoms with Gasteiger partial charge in [0.2, 0.25) is 16.0 Å². The Morgan fingerprint density at radius 1 is 0.977 bits per heavy atom. The van der Waals surface area contributed by atoms with Crippen LogP contribution >= 0.6 is 0 Å². The number of nitrogens with one attached hydrogen (secondary N) is 2. The number of aliphatic hydroxyl groups is 1. The molecule has 4 aromatic rings. The molecule has 0 amide bonds. The van der Waals surface area contributed by atoms with Gasteiger partial charge >= 0.3 is 0 Å². The minimum atomic E-state index is -3.66. The van der Waals surface area contributed by atoms with Gasteiger partial charge in [-0.25, -0.2) is 13.4 Å². The van der Waals surface area contributed by atoms with Gasteiger partial charge in [-0.2, -0.15) is 14.3 Å². The van der Waals surface area contributed by atoms with E-state index in [1.165, 1.54) is 4.31 Å². The van der Waals surface area contributed by atoms with Crippen LogP contribution in [0.5, 0.6) is 5.75 Å². The molecular formula is C30H38N8O4S. The summed E-state index contributed by atoms with van der Waals surface area (Å²) in [6, 6.07) is 14.7. The quantitative estimate of drug-likeness (QED) is 0.258. The molecule has 3 N–H and O–H groups in total. The molecule has 13 heteroatoms. The van der Waals surface area contributed by atoms with E-state index in [2.05, 4.69) is 20.5 Å². The predicted octanol–water partition coefficient (Wildman–Crippen LogP) is 3.82. The summed E-state index contributed by atoms with van der Waals surface area (Å²) >= 11 is 0. The SMILES string of the molecule is CCn1cnc2c(Nc3ccc(S(=O)(=O)N4CCN(c5ccccc5OC)CC4)cc3)nc(N[C@H]3CC[C@H](O)CC3)nc21. The third-order valence-corrected chi connectivity index (χ3v) is 10.2. The number of sulfonamides is 1. The second-order valence-corrected chi connectivity index (χ2v) is 12.9. The van der Waals surface area contributed by atoms with Crippen molar-refractivity contribution in [3.8, 4) is 5.75 Å². The Morgan fingerprint density at radius 2 is 1.70 bits per heavy atom. The van der Waals surface area contributed by atoms with Crippen LogP contribution < -0.4 is 20.3 Å². The van der Waals surface area contributed by atoms with Crippen LogP contribution in [0.3, 0.4) is 0 Å². The van der Waals surface area contributed by atoms with Crippen molar-refractivity contribution in [1.82, 2.24) is 23.8 Å². The van der Waals surface area contributed by atoms with Gasteiger partial charge in [0.25, 0.3) is 0 Å². The number of hydrogen-bond acceptors (Lipinski definition) is 10. The van der Waals surface area contributed by atoms with Gasteiger partial charge in [0.1, 0.15) is 5.75 Å². The summed E-state index contributed by atoms with van der Waals surface area (Å²) in [6.45, 7) is 4.66. The van der Waals surface area contributed by atoms with Gasteiger partial charge in [-0.3, -0.25) is 0 Å². The number of benzene rings is 2. The molecule has 228 valence electrons. The molecule has 0 atom stereocenters. The lowest BCUT2D eigenvalue weighted by Gasteiger charge is -2.35. The lowest BCUT2D eigenvalue weighted by Crippen LogP contribution is -2.48. The molecule has 0 unspecified atom stereocenters.